The SMILES string of the molecule is Cc1nc(NC(=O)NC2(C(C)(C)c3ccc(F)cc3)CC2)nn1C. The lowest BCUT2D eigenvalue weighted by Gasteiger charge is -2.36. The maximum atomic E-state index is 13.2. The third-order valence-electron chi connectivity index (χ3n) is 5.07. The van der Waals surface area contributed by atoms with Crippen LogP contribution < -0.4 is 10.6 Å². The highest BCUT2D eigenvalue weighted by Gasteiger charge is 2.56. The number of aryl methyl sites for hydroxylation is 2. The fourth-order valence-electron chi connectivity index (χ4n) is 3.04. The first-order chi connectivity index (χ1) is 11.2. The average Bonchev–Trinajstić information content (AvgIpc) is 3.21. The van der Waals surface area contributed by atoms with Gasteiger partial charge in [-0.15, -0.1) is 5.10 Å². The molecule has 1 fully saturated rings. The predicted molar refractivity (Wildman–Crippen MR) is 89.3 cm³/mol. The number of amides is 2. The molecule has 2 N–H and O–H groups in total. The van der Waals surface area contributed by atoms with E-state index < -0.39 is 0 Å². The topological polar surface area (TPSA) is 71.8 Å². The number of aromatic nitrogens is 3. The van der Waals surface area contributed by atoms with Crippen molar-refractivity contribution in [2.75, 3.05) is 5.32 Å². The zero-order valence-electron chi connectivity index (χ0n) is 14.4. The second kappa shape index (κ2) is 5.58. The first-order valence-electron chi connectivity index (χ1n) is 7.96. The monoisotopic (exact) mass is 331 g/mol. The van der Waals surface area contributed by atoms with Crippen LogP contribution in [0.4, 0.5) is 15.1 Å². The number of hydrogen-bond acceptors (Lipinski definition) is 3. The number of hydrogen-bond donors (Lipinski definition) is 2. The molecular weight excluding hydrogens is 309 g/mol. The van der Waals surface area contributed by atoms with E-state index in [-0.39, 0.29) is 28.8 Å². The number of benzene rings is 1. The summed E-state index contributed by atoms with van der Waals surface area (Å²) in [4.78, 5) is 16.5. The van der Waals surface area contributed by atoms with Gasteiger partial charge in [0.25, 0.3) is 0 Å². The Kier molecular flexibility index (Phi) is 3.81. The maximum absolute atomic E-state index is 13.2. The molecule has 1 saturated carbocycles. The number of carbonyl (C=O) groups is 1. The smallest absolute Gasteiger partial charge is 0.322 e. The summed E-state index contributed by atoms with van der Waals surface area (Å²) in [6, 6.07) is 6.13. The summed E-state index contributed by atoms with van der Waals surface area (Å²) in [5.41, 5.74) is 0.332. The van der Waals surface area contributed by atoms with Crippen LogP contribution >= 0.6 is 0 Å². The number of urea groups is 1. The van der Waals surface area contributed by atoms with E-state index in [0.29, 0.717) is 0 Å². The average molecular weight is 331 g/mol. The number of anilines is 1. The minimum atomic E-state index is -0.348. The molecule has 2 amide bonds. The zero-order valence-corrected chi connectivity index (χ0v) is 14.4. The fraction of sp³-hybridized carbons (Fsp3) is 0.471. The van der Waals surface area contributed by atoms with Crippen molar-refractivity contribution in [3.05, 3.63) is 41.5 Å². The van der Waals surface area contributed by atoms with Crippen molar-refractivity contribution in [3.8, 4) is 0 Å². The minimum Gasteiger partial charge on any atom is -0.331 e. The molecule has 0 bridgehead atoms. The van der Waals surface area contributed by atoms with Gasteiger partial charge in [0.2, 0.25) is 5.95 Å². The molecule has 1 aliphatic rings. The molecular formula is C17H22FN5O. The first kappa shape index (κ1) is 16.4. The second-order valence-electron chi connectivity index (χ2n) is 6.90. The van der Waals surface area contributed by atoms with Crippen LogP contribution in [-0.2, 0) is 12.5 Å². The molecule has 0 spiro atoms. The number of halogens is 1. The van der Waals surface area contributed by atoms with E-state index in [1.165, 1.54) is 12.1 Å². The van der Waals surface area contributed by atoms with Crippen molar-refractivity contribution in [1.29, 1.82) is 0 Å². The lowest BCUT2D eigenvalue weighted by molar-refractivity contribution is 0.236. The van der Waals surface area contributed by atoms with Crippen LogP contribution in [0.25, 0.3) is 0 Å². The molecule has 1 aromatic carbocycles. The Morgan fingerprint density at radius 2 is 1.92 bits per heavy atom. The van der Waals surface area contributed by atoms with Crippen molar-refractivity contribution in [3.63, 3.8) is 0 Å². The summed E-state index contributed by atoms with van der Waals surface area (Å²) in [5.74, 6) is 0.739. The maximum Gasteiger partial charge on any atom is 0.322 e. The molecule has 0 radical (unpaired) electrons. The Bertz CT molecular complexity index is 742. The van der Waals surface area contributed by atoms with Crippen molar-refractivity contribution in [2.45, 2.75) is 44.6 Å². The van der Waals surface area contributed by atoms with Gasteiger partial charge in [-0.05, 0) is 37.5 Å². The molecule has 2 aromatic rings. The van der Waals surface area contributed by atoms with E-state index in [9.17, 15) is 9.18 Å². The standard InChI is InChI=1S/C17H22FN5O/c1-11-19-14(22-23(11)4)20-15(24)21-17(9-10-17)16(2,3)12-5-7-13(18)8-6-12/h5-8H,9-10H2,1-4H3,(H2,20,21,22,24). The van der Waals surface area contributed by atoms with Gasteiger partial charge in [0.15, 0.2) is 0 Å². The molecule has 0 atom stereocenters. The van der Waals surface area contributed by atoms with Gasteiger partial charge in [0, 0.05) is 12.5 Å². The first-order valence-corrected chi connectivity index (χ1v) is 7.96. The van der Waals surface area contributed by atoms with Crippen LogP contribution in [0.15, 0.2) is 24.3 Å². The third kappa shape index (κ3) is 2.86. The van der Waals surface area contributed by atoms with Crippen LogP contribution in [0.3, 0.4) is 0 Å². The lowest BCUT2D eigenvalue weighted by atomic mass is 9.75. The highest BCUT2D eigenvalue weighted by Crippen LogP contribution is 2.51. The van der Waals surface area contributed by atoms with Crippen molar-refractivity contribution < 1.29 is 9.18 Å². The molecule has 0 aliphatic heterocycles. The molecule has 7 heteroatoms. The highest BCUT2D eigenvalue weighted by molar-refractivity contribution is 5.88. The Morgan fingerprint density at radius 1 is 1.29 bits per heavy atom. The van der Waals surface area contributed by atoms with Gasteiger partial charge in [-0.1, -0.05) is 26.0 Å². The van der Waals surface area contributed by atoms with Crippen molar-refractivity contribution in [1.82, 2.24) is 20.1 Å². The van der Waals surface area contributed by atoms with Crippen LogP contribution in [-0.4, -0.2) is 26.3 Å². The van der Waals surface area contributed by atoms with Crippen LogP contribution in [0, 0.1) is 12.7 Å². The van der Waals surface area contributed by atoms with Crippen molar-refractivity contribution >= 4 is 12.0 Å². The molecule has 1 aliphatic carbocycles. The third-order valence-corrected chi connectivity index (χ3v) is 5.07. The van der Waals surface area contributed by atoms with E-state index in [1.54, 1.807) is 23.9 Å². The molecule has 1 heterocycles. The van der Waals surface area contributed by atoms with Gasteiger partial charge in [0.1, 0.15) is 11.6 Å². The minimum absolute atomic E-state index is 0.262. The van der Waals surface area contributed by atoms with Gasteiger partial charge in [0.05, 0.1) is 5.54 Å². The number of nitrogens with zero attached hydrogens (tertiary/aromatic N) is 3. The van der Waals surface area contributed by atoms with E-state index in [2.05, 4.69) is 34.6 Å². The molecule has 0 saturated heterocycles. The lowest BCUT2D eigenvalue weighted by Crippen LogP contribution is -2.51. The number of nitrogens with one attached hydrogen (secondary N) is 2. The summed E-state index contributed by atoms with van der Waals surface area (Å²) in [7, 11) is 1.77. The van der Waals surface area contributed by atoms with E-state index in [0.717, 1.165) is 24.2 Å². The molecule has 3 rings (SSSR count). The number of rotatable bonds is 4. The molecule has 0 unspecified atom stereocenters. The predicted octanol–water partition coefficient (Wildman–Crippen LogP) is 2.89. The van der Waals surface area contributed by atoms with E-state index >= 15 is 0 Å². The highest BCUT2D eigenvalue weighted by atomic mass is 19.1. The second-order valence-corrected chi connectivity index (χ2v) is 6.90. The summed E-state index contributed by atoms with van der Waals surface area (Å²) in [6.07, 6.45) is 1.75. The van der Waals surface area contributed by atoms with Gasteiger partial charge in [-0.25, -0.2) is 9.18 Å². The van der Waals surface area contributed by atoms with Gasteiger partial charge < -0.3 is 5.32 Å². The Hall–Kier alpha value is -2.44. The van der Waals surface area contributed by atoms with Crippen LogP contribution in [0.2, 0.25) is 0 Å². The van der Waals surface area contributed by atoms with Gasteiger partial charge >= 0.3 is 6.03 Å². The molecule has 128 valence electrons. The molecule has 6 nitrogen and oxygen atoms in total. The Labute approximate surface area is 140 Å². The van der Waals surface area contributed by atoms with E-state index in [4.69, 9.17) is 0 Å². The summed E-state index contributed by atoms with van der Waals surface area (Å²) >= 11 is 0. The molecule has 24 heavy (non-hydrogen) atoms. The summed E-state index contributed by atoms with van der Waals surface area (Å²) in [5, 5.41) is 9.87. The summed E-state index contributed by atoms with van der Waals surface area (Å²) < 4.78 is 14.8. The Morgan fingerprint density at radius 3 is 2.42 bits per heavy atom. The van der Waals surface area contributed by atoms with E-state index in [1.807, 2.05) is 6.92 Å². The fourth-order valence-corrected chi connectivity index (χ4v) is 3.04. The van der Waals surface area contributed by atoms with Crippen LogP contribution in [0.1, 0.15) is 38.1 Å². The van der Waals surface area contributed by atoms with Crippen molar-refractivity contribution in [2.24, 2.45) is 7.05 Å². The Balaban J connectivity index is 1.73. The van der Waals surface area contributed by atoms with Gasteiger partial charge in [-0.2, -0.15) is 4.98 Å². The largest absolute Gasteiger partial charge is 0.331 e. The number of carbonyl (C=O) groups excluding carboxylic acids is 1. The van der Waals surface area contributed by atoms with Gasteiger partial charge in [-0.3, -0.25) is 10.00 Å². The normalized spacial score (nSPS) is 15.9. The molecule has 1 aromatic heterocycles. The quantitative estimate of drug-likeness (QED) is 0.905. The van der Waals surface area contributed by atoms with Crippen LogP contribution in [0.5, 0.6) is 0 Å². The summed E-state index contributed by atoms with van der Waals surface area (Å²) in [6.45, 7) is 5.95. The zero-order chi connectivity index (χ0) is 17.5.